The number of halogens is 1. The lowest BCUT2D eigenvalue weighted by Crippen LogP contribution is -2.01. The van der Waals surface area contributed by atoms with Crippen LogP contribution in [0.5, 0.6) is 0 Å². The average Bonchev–Trinajstić information content (AvgIpc) is 2.36. The van der Waals surface area contributed by atoms with Gasteiger partial charge in [-0.3, -0.25) is 0 Å². The summed E-state index contributed by atoms with van der Waals surface area (Å²) in [5.74, 6) is -0.404. The second kappa shape index (κ2) is 5.40. The summed E-state index contributed by atoms with van der Waals surface area (Å²) in [6.45, 7) is 4.09. The number of hydrogen-bond acceptors (Lipinski definition) is 3. The molecule has 0 unspecified atom stereocenters. The number of carboxylic acids is 1. The fourth-order valence-corrected chi connectivity index (χ4v) is 2.05. The summed E-state index contributed by atoms with van der Waals surface area (Å²) in [6.07, 6.45) is 1.33. The lowest BCUT2D eigenvalue weighted by atomic mass is 10.1. The van der Waals surface area contributed by atoms with Crippen molar-refractivity contribution in [1.29, 1.82) is 0 Å². The van der Waals surface area contributed by atoms with Crippen molar-refractivity contribution in [2.24, 2.45) is 0 Å². The van der Waals surface area contributed by atoms with Crippen LogP contribution < -0.4 is 5.32 Å². The molecule has 0 atom stereocenters. The molecule has 0 radical (unpaired) electrons. The number of carbonyl (C=O) groups is 1. The number of nitrogens with zero attached hydrogens (tertiary/aromatic N) is 1. The Morgan fingerprint density at radius 3 is 2.58 bits per heavy atom. The summed E-state index contributed by atoms with van der Waals surface area (Å²) in [4.78, 5) is 14.9. The van der Waals surface area contributed by atoms with Crippen LogP contribution in [0.3, 0.4) is 0 Å². The Balaban J connectivity index is 2.28. The maximum absolute atomic E-state index is 10.8. The fraction of sp³-hybridized carbons (Fsp3) is 0.143. The van der Waals surface area contributed by atoms with E-state index in [0.29, 0.717) is 10.3 Å². The molecule has 1 aromatic heterocycles. The standard InChI is InChI=1S/C14H13BrN2O2/c1-8-3-4-11(5-9(8)2)17-13-12(15)6-10(7-16-13)14(18)19/h3-7H,1-2H3,(H,16,17)(H,18,19). The molecule has 1 aromatic carbocycles. The van der Waals surface area contributed by atoms with Crippen molar-refractivity contribution in [3.63, 3.8) is 0 Å². The van der Waals surface area contributed by atoms with E-state index >= 15 is 0 Å². The van der Waals surface area contributed by atoms with Gasteiger partial charge in [0.05, 0.1) is 10.0 Å². The van der Waals surface area contributed by atoms with Crippen molar-refractivity contribution in [3.8, 4) is 0 Å². The van der Waals surface area contributed by atoms with Crippen molar-refractivity contribution >= 4 is 33.4 Å². The summed E-state index contributed by atoms with van der Waals surface area (Å²) >= 11 is 3.32. The first kappa shape index (κ1) is 13.5. The van der Waals surface area contributed by atoms with Crippen LogP contribution in [0.15, 0.2) is 34.9 Å². The summed E-state index contributed by atoms with van der Waals surface area (Å²) in [5, 5.41) is 12.0. The molecule has 0 amide bonds. The molecule has 0 bridgehead atoms. The molecule has 0 saturated heterocycles. The van der Waals surface area contributed by atoms with Gasteiger partial charge in [-0.15, -0.1) is 0 Å². The van der Waals surface area contributed by atoms with Gasteiger partial charge in [-0.1, -0.05) is 6.07 Å². The largest absolute Gasteiger partial charge is 0.478 e. The minimum Gasteiger partial charge on any atom is -0.478 e. The van der Waals surface area contributed by atoms with E-state index in [2.05, 4.69) is 33.2 Å². The Labute approximate surface area is 119 Å². The molecule has 0 saturated carbocycles. The molecule has 2 N–H and O–H groups in total. The molecule has 0 aliphatic heterocycles. The third-order valence-electron chi connectivity index (χ3n) is 2.86. The highest BCUT2D eigenvalue weighted by atomic mass is 79.9. The van der Waals surface area contributed by atoms with Gasteiger partial charge in [0, 0.05) is 11.9 Å². The van der Waals surface area contributed by atoms with Gasteiger partial charge < -0.3 is 10.4 Å². The van der Waals surface area contributed by atoms with E-state index in [1.807, 2.05) is 25.1 Å². The Hall–Kier alpha value is -1.88. The third kappa shape index (κ3) is 3.12. The van der Waals surface area contributed by atoms with Crippen LogP contribution in [0.4, 0.5) is 11.5 Å². The Bertz CT molecular complexity index is 641. The first-order valence-corrected chi connectivity index (χ1v) is 6.50. The number of benzene rings is 1. The number of aromatic carboxylic acids is 1. The van der Waals surface area contributed by atoms with E-state index in [9.17, 15) is 4.79 Å². The normalized spacial score (nSPS) is 10.3. The highest BCUT2D eigenvalue weighted by Gasteiger charge is 2.08. The zero-order chi connectivity index (χ0) is 14.0. The number of anilines is 2. The molecule has 2 rings (SSSR count). The van der Waals surface area contributed by atoms with Crippen LogP contribution in [-0.4, -0.2) is 16.1 Å². The second-order valence-corrected chi connectivity index (χ2v) is 5.14. The topological polar surface area (TPSA) is 62.2 Å². The van der Waals surface area contributed by atoms with Crippen molar-refractivity contribution in [3.05, 3.63) is 51.6 Å². The first-order chi connectivity index (χ1) is 8.97. The van der Waals surface area contributed by atoms with Gasteiger partial charge in [0.2, 0.25) is 0 Å². The van der Waals surface area contributed by atoms with E-state index in [0.717, 1.165) is 5.69 Å². The smallest absolute Gasteiger partial charge is 0.337 e. The van der Waals surface area contributed by atoms with Gasteiger partial charge in [0.25, 0.3) is 0 Å². The maximum Gasteiger partial charge on any atom is 0.337 e. The maximum atomic E-state index is 10.8. The summed E-state index contributed by atoms with van der Waals surface area (Å²) in [6, 6.07) is 7.53. The van der Waals surface area contributed by atoms with E-state index in [1.165, 1.54) is 23.4 Å². The van der Waals surface area contributed by atoms with Crippen molar-refractivity contribution in [1.82, 2.24) is 4.98 Å². The monoisotopic (exact) mass is 320 g/mol. The van der Waals surface area contributed by atoms with Gasteiger partial charge in [0.1, 0.15) is 5.82 Å². The van der Waals surface area contributed by atoms with Crippen molar-refractivity contribution < 1.29 is 9.90 Å². The molecular weight excluding hydrogens is 308 g/mol. The average molecular weight is 321 g/mol. The van der Waals surface area contributed by atoms with E-state index in [1.54, 1.807) is 0 Å². The predicted molar refractivity (Wildman–Crippen MR) is 78.1 cm³/mol. The van der Waals surface area contributed by atoms with Gasteiger partial charge in [-0.25, -0.2) is 9.78 Å². The molecule has 4 nitrogen and oxygen atoms in total. The third-order valence-corrected chi connectivity index (χ3v) is 3.46. The zero-order valence-corrected chi connectivity index (χ0v) is 12.2. The van der Waals surface area contributed by atoms with Gasteiger partial charge in [0.15, 0.2) is 0 Å². The molecule has 5 heteroatoms. The molecule has 19 heavy (non-hydrogen) atoms. The molecule has 1 heterocycles. The number of hydrogen-bond donors (Lipinski definition) is 2. The van der Waals surface area contributed by atoms with Crippen LogP contribution in [0, 0.1) is 13.8 Å². The zero-order valence-electron chi connectivity index (χ0n) is 10.6. The lowest BCUT2D eigenvalue weighted by molar-refractivity contribution is 0.0696. The van der Waals surface area contributed by atoms with E-state index in [-0.39, 0.29) is 5.56 Å². The Kier molecular flexibility index (Phi) is 3.85. The van der Waals surface area contributed by atoms with Crippen LogP contribution in [0.25, 0.3) is 0 Å². The number of carboxylic acid groups (broad SMARTS) is 1. The summed E-state index contributed by atoms with van der Waals surface area (Å²) in [7, 11) is 0. The minimum absolute atomic E-state index is 0.150. The van der Waals surface area contributed by atoms with Gasteiger partial charge >= 0.3 is 5.97 Å². The molecule has 2 aromatic rings. The quantitative estimate of drug-likeness (QED) is 0.900. The number of aryl methyl sites for hydroxylation is 2. The Morgan fingerprint density at radius 2 is 2.00 bits per heavy atom. The number of pyridine rings is 1. The van der Waals surface area contributed by atoms with Crippen LogP contribution in [0.1, 0.15) is 21.5 Å². The van der Waals surface area contributed by atoms with Crippen LogP contribution >= 0.6 is 15.9 Å². The molecule has 0 spiro atoms. The predicted octanol–water partition coefficient (Wildman–Crippen LogP) is 3.90. The fourth-order valence-electron chi connectivity index (χ4n) is 1.60. The first-order valence-electron chi connectivity index (χ1n) is 5.70. The Morgan fingerprint density at radius 1 is 1.26 bits per heavy atom. The van der Waals surface area contributed by atoms with Crippen LogP contribution in [-0.2, 0) is 0 Å². The van der Waals surface area contributed by atoms with E-state index in [4.69, 9.17) is 5.11 Å². The SMILES string of the molecule is Cc1ccc(Nc2ncc(C(=O)O)cc2Br)cc1C. The summed E-state index contributed by atoms with van der Waals surface area (Å²) < 4.78 is 0.616. The molecule has 0 fully saturated rings. The molecular formula is C14H13BrN2O2. The molecule has 0 aliphatic carbocycles. The highest BCUT2D eigenvalue weighted by Crippen LogP contribution is 2.25. The molecule has 0 aliphatic rings. The summed E-state index contributed by atoms with van der Waals surface area (Å²) in [5.41, 5.74) is 3.47. The lowest BCUT2D eigenvalue weighted by Gasteiger charge is -2.10. The number of nitrogens with one attached hydrogen (secondary N) is 1. The van der Waals surface area contributed by atoms with Crippen LogP contribution in [0.2, 0.25) is 0 Å². The molecule has 98 valence electrons. The number of rotatable bonds is 3. The highest BCUT2D eigenvalue weighted by molar-refractivity contribution is 9.10. The minimum atomic E-state index is -0.995. The van der Waals surface area contributed by atoms with Gasteiger partial charge in [-0.05, 0) is 59.1 Å². The van der Waals surface area contributed by atoms with Gasteiger partial charge in [-0.2, -0.15) is 0 Å². The van der Waals surface area contributed by atoms with Crippen molar-refractivity contribution in [2.75, 3.05) is 5.32 Å². The number of aromatic nitrogens is 1. The van der Waals surface area contributed by atoms with Crippen molar-refractivity contribution in [2.45, 2.75) is 13.8 Å². The second-order valence-electron chi connectivity index (χ2n) is 4.28. The van der Waals surface area contributed by atoms with E-state index < -0.39 is 5.97 Å².